The molecule has 0 saturated heterocycles. The van der Waals surface area contributed by atoms with E-state index >= 15 is 0 Å². The lowest BCUT2D eigenvalue weighted by molar-refractivity contribution is 1.10. The van der Waals surface area contributed by atoms with E-state index in [2.05, 4.69) is 24.3 Å². The highest BCUT2D eigenvalue weighted by molar-refractivity contribution is 6.45. The van der Waals surface area contributed by atoms with Crippen molar-refractivity contribution in [3.63, 3.8) is 0 Å². The lowest BCUT2D eigenvalue weighted by Gasteiger charge is -2.17. The summed E-state index contributed by atoms with van der Waals surface area (Å²) in [6.07, 6.45) is 1.21. The Morgan fingerprint density at radius 2 is 0.818 bits per heavy atom. The average molecular weight is 372 g/mol. The molecule has 0 aliphatic carbocycles. The van der Waals surface area contributed by atoms with Gasteiger partial charge in [-0.15, -0.1) is 46.4 Å². The molecule has 0 aliphatic rings. The second-order valence-corrected chi connectivity index (χ2v) is 7.79. The highest BCUT2D eigenvalue weighted by atomic mass is 35.5. The highest BCUT2D eigenvalue weighted by Crippen LogP contribution is 2.35. The molecule has 0 radical (unpaired) electrons. The first kappa shape index (κ1) is 16.2. The topological polar surface area (TPSA) is 0 Å². The summed E-state index contributed by atoms with van der Waals surface area (Å²) in [5, 5.41) is 4.65. The summed E-state index contributed by atoms with van der Waals surface area (Å²) in [5.41, 5.74) is 2.34. The minimum absolute atomic E-state index is 0.438. The van der Waals surface area contributed by atoms with Crippen LogP contribution in [0.25, 0.3) is 21.5 Å². The van der Waals surface area contributed by atoms with Crippen LogP contribution < -0.4 is 0 Å². The molecule has 0 fully saturated rings. The third kappa shape index (κ3) is 3.16. The SMILES string of the molecule is ClC(Cl)Cc1c2ccccc2c(CC(Cl)Cl)c2ccccc12. The summed E-state index contributed by atoms with van der Waals surface area (Å²) in [7, 11) is 0. The number of alkyl halides is 4. The van der Waals surface area contributed by atoms with Gasteiger partial charge in [-0.3, -0.25) is 0 Å². The molecule has 114 valence electrons. The molecule has 0 N–H and O–H groups in total. The molecule has 22 heavy (non-hydrogen) atoms. The highest BCUT2D eigenvalue weighted by Gasteiger charge is 2.16. The average Bonchev–Trinajstić information content (AvgIpc) is 2.50. The molecular weight excluding hydrogens is 358 g/mol. The number of hydrogen-bond acceptors (Lipinski definition) is 0. The summed E-state index contributed by atoms with van der Waals surface area (Å²) >= 11 is 24.2. The summed E-state index contributed by atoms with van der Waals surface area (Å²) in [6, 6.07) is 16.5. The van der Waals surface area contributed by atoms with Gasteiger partial charge in [0.2, 0.25) is 0 Å². The first-order chi connectivity index (χ1) is 10.6. The fourth-order valence-corrected chi connectivity index (χ4v) is 3.67. The molecule has 0 bridgehead atoms. The number of halogens is 4. The van der Waals surface area contributed by atoms with E-state index in [1.54, 1.807) is 0 Å². The maximum atomic E-state index is 6.06. The van der Waals surface area contributed by atoms with Crippen molar-refractivity contribution in [3.8, 4) is 0 Å². The van der Waals surface area contributed by atoms with E-state index in [-0.39, 0.29) is 0 Å². The van der Waals surface area contributed by atoms with Gasteiger partial charge in [-0.25, -0.2) is 0 Å². The number of rotatable bonds is 4. The second-order valence-electron chi connectivity index (χ2n) is 5.24. The van der Waals surface area contributed by atoms with Crippen molar-refractivity contribution in [2.24, 2.45) is 0 Å². The van der Waals surface area contributed by atoms with Crippen molar-refractivity contribution in [1.82, 2.24) is 0 Å². The van der Waals surface area contributed by atoms with Crippen LogP contribution in [0.4, 0.5) is 0 Å². The van der Waals surface area contributed by atoms with Crippen molar-refractivity contribution in [2.75, 3.05) is 0 Å². The van der Waals surface area contributed by atoms with Gasteiger partial charge in [0.1, 0.15) is 9.67 Å². The van der Waals surface area contributed by atoms with E-state index in [1.165, 1.54) is 11.1 Å². The minimum Gasteiger partial charge on any atom is -0.105 e. The first-order valence-electron chi connectivity index (χ1n) is 7.05. The van der Waals surface area contributed by atoms with Crippen LogP contribution in [-0.4, -0.2) is 9.67 Å². The predicted molar refractivity (Wildman–Crippen MR) is 99.9 cm³/mol. The monoisotopic (exact) mass is 370 g/mol. The van der Waals surface area contributed by atoms with Crippen LogP contribution in [0.15, 0.2) is 48.5 Å². The second kappa shape index (κ2) is 6.84. The Labute approximate surface area is 149 Å². The molecule has 0 saturated carbocycles. The van der Waals surface area contributed by atoms with Crippen LogP contribution in [0.3, 0.4) is 0 Å². The van der Waals surface area contributed by atoms with Gasteiger partial charge in [-0.1, -0.05) is 48.5 Å². The molecule has 0 heterocycles. The Bertz CT molecular complexity index is 684. The molecule has 0 aliphatic heterocycles. The lowest BCUT2D eigenvalue weighted by atomic mass is 9.89. The van der Waals surface area contributed by atoms with Gasteiger partial charge in [0.05, 0.1) is 0 Å². The molecule has 0 unspecified atom stereocenters. The Balaban J connectivity index is 2.42. The molecule has 0 spiro atoms. The van der Waals surface area contributed by atoms with Gasteiger partial charge in [-0.05, 0) is 32.7 Å². The maximum absolute atomic E-state index is 6.06. The zero-order valence-corrected chi connectivity index (χ0v) is 14.7. The van der Waals surface area contributed by atoms with Crippen LogP contribution in [0.5, 0.6) is 0 Å². The lowest BCUT2D eigenvalue weighted by Crippen LogP contribution is -2.02. The van der Waals surface area contributed by atoms with Crippen molar-refractivity contribution in [2.45, 2.75) is 22.5 Å². The number of hydrogen-bond donors (Lipinski definition) is 0. The largest absolute Gasteiger partial charge is 0.111 e. The smallest absolute Gasteiger partial charge is 0.105 e. The molecule has 3 aromatic carbocycles. The number of fused-ring (bicyclic) bond motifs is 2. The first-order valence-corrected chi connectivity index (χ1v) is 8.80. The quantitative estimate of drug-likeness (QED) is 0.354. The third-order valence-electron chi connectivity index (χ3n) is 3.87. The maximum Gasteiger partial charge on any atom is 0.111 e. The number of benzene rings is 3. The minimum atomic E-state index is -0.438. The van der Waals surface area contributed by atoms with Gasteiger partial charge in [-0.2, -0.15) is 0 Å². The van der Waals surface area contributed by atoms with Crippen molar-refractivity contribution >= 4 is 67.9 Å². The predicted octanol–water partition coefficient (Wildman–Crippen LogP) is 6.69. The molecule has 4 heteroatoms. The van der Waals surface area contributed by atoms with Crippen LogP contribution in [-0.2, 0) is 12.8 Å². The van der Waals surface area contributed by atoms with E-state index in [0.29, 0.717) is 12.8 Å². The van der Waals surface area contributed by atoms with Crippen molar-refractivity contribution in [1.29, 1.82) is 0 Å². The molecule has 3 rings (SSSR count). The normalized spacial score (nSPS) is 11.9. The third-order valence-corrected chi connectivity index (χ3v) is 4.49. The zero-order valence-electron chi connectivity index (χ0n) is 11.7. The van der Waals surface area contributed by atoms with Crippen LogP contribution in [0.1, 0.15) is 11.1 Å². The van der Waals surface area contributed by atoms with Gasteiger partial charge < -0.3 is 0 Å². The standard InChI is InChI=1S/C18H14Cl4/c19-17(20)9-15-11-5-1-2-6-12(11)16(10-18(21)22)14-8-4-3-7-13(14)15/h1-8,17-18H,9-10H2. The Morgan fingerprint density at radius 1 is 0.545 bits per heavy atom. The van der Waals surface area contributed by atoms with Gasteiger partial charge in [0.25, 0.3) is 0 Å². The Kier molecular flexibility index (Phi) is 5.04. The van der Waals surface area contributed by atoms with Gasteiger partial charge in [0.15, 0.2) is 0 Å². The van der Waals surface area contributed by atoms with E-state index < -0.39 is 9.67 Å². The Hall–Kier alpha value is -0.660. The Morgan fingerprint density at radius 3 is 1.05 bits per heavy atom. The molecule has 0 aromatic heterocycles. The molecule has 0 atom stereocenters. The van der Waals surface area contributed by atoms with Crippen molar-refractivity contribution < 1.29 is 0 Å². The summed E-state index contributed by atoms with van der Waals surface area (Å²) in [6.45, 7) is 0. The fraction of sp³-hybridized carbons (Fsp3) is 0.222. The summed E-state index contributed by atoms with van der Waals surface area (Å²) < 4.78 is 0. The van der Waals surface area contributed by atoms with Crippen LogP contribution >= 0.6 is 46.4 Å². The van der Waals surface area contributed by atoms with E-state index in [1.807, 2.05) is 24.3 Å². The molecule has 3 aromatic rings. The molecular formula is C18H14Cl4. The van der Waals surface area contributed by atoms with Gasteiger partial charge in [0, 0.05) is 12.8 Å². The molecule has 0 amide bonds. The van der Waals surface area contributed by atoms with Crippen molar-refractivity contribution in [3.05, 3.63) is 59.7 Å². The van der Waals surface area contributed by atoms with E-state index in [9.17, 15) is 0 Å². The zero-order chi connectivity index (χ0) is 15.7. The van der Waals surface area contributed by atoms with Crippen LogP contribution in [0, 0.1) is 0 Å². The fourth-order valence-electron chi connectivity index (χ4n) is 3.06. The summed E-state index contributed by atoms with van der Waals surface area (Å²) in [5.74, 6) is 0. The summed E-state index contributed by atoms with van der Waals surface area (Å²) in [4.78, 5) is -0.877. The van der Waals surface area contributed by atoms with E-state index in [0.717, 1.165) is 21.5 Å². The van der Waals surface area contributed by atoms with Gasteiger partial charge >= 0.3 is 0 Å². The molecule has 0 nitrogen and oxygen atoms in total. The van der Waals surface area contributed by atoms with Crippen LogP contribution in [0.2, 0.25) is 0 Å². The van der Waals surface area contributed by atoms with E-state index in [4.69, 9.17) is 46.4 Å².